The first kappa shape index (κ1) is 18.1. The summed E-state index contributed by atoms with van der Waals surface area (Å²) < 4.78 is 12.6. The molecule has 1 aliphatic rings. The van der Waals surface area contributed by atoms with Crippen LogP contribution in [-0.4, -0.2) is 23.5 Å². The highest BCUT2D eigenvalue weighted by atomic mass is 35.5. The van der Waals surface area contributed by atoms with Gasteiger partial charge in [0.15, 0.2) is 11.5 Å². The number of hydrazone groups is 1. The van der Waals surface area contributed by atoms with E-state index in [-0.39, 0.29) is 12.7 Å². The van der Waals surface area contributed by atoms with Gasteiger partial charge in [-0.05, 0) is 62.4 Å². The monoisotopic (exact) mass is 395 g/mol. The van der Waals surface area contributed by atoms with Crippen LogP contribution in [0.3, 0.4) is 0 Å². The third-order valence-electron chi connectivity index (χ3n) is 4.56. The first-order valence-electron chi connectivity index (χ1n) is 8.71. The molecule has 4 rings (SSSR count). The summed E-state index contributed by atoms with van der Waals surface area (Å²) in [7, 11) is 0. The fraction of sp³-hybridized carbons (Fsp3) is 0.143. The maximum atomic E-state index is 12.3. The van der Waals surface area contributed by atoms with E-state index in [1.165, 1.54) is 0 Å². The van der Waals surface area contributed by atoms with Crippen LogP contribution in [0, 0.1) is 13.8 Å². The molecule has 2 aromatic carbocycles. The minimum Gasteiger partial charge on any atom is -0.454 e. The molecule has 0 fully saturated rings. The van der Waals surface area contributed by atoms with E-state index in [0.29, 0.717) is 22.1 Å². The predicted octanol–water partition coefficient (Wildman–Crippen LogP) is 4.24. The molecule has 7 heteroatoms. The van der Waals surface area contributed by atoms with E-state index in [9.17, 15) is 4.79 Å². The zero-order chi connectivity index (χ0) is 19.7. The lowest BCUT2D eigenvalue weighted by molar-refractivity contribution is 0.0954. The number of benzene rings is 2. The molecule has 1 N–H and O–H groups in total. The average molecular weight is 396 g/mol. The Bertz CT molecular complexity index is 1070. The first-order valence-corrected chi connectivity index (χ1v) is 9.08. The second-order valence-electron chi connectivity index (χ2n) is 6.41. The SMILES string of the molecule is Cc1cc(/C=N\NC(=O)c2ccc3c(c2)OCO3)c(C)n1-c1ccc(Cl)cc1. The Morgan fingerprint density at radius 1 is 1.11 bits per heavy atom. The Hall–Kier alpha value is -3.25. The Labute approximate surface area is 167 Å². The Morgan fingerprint density at radius 2 is 1.86 bits per heavy atom. The Morgan fingerprint density at radius 3 is 2.64 bits per heavy atom. The molecule has 1 aliphatic heterocycles. The van der Waals surface area contributed by atoms with Gasteiger partial charge in [0.2, 0.25) is 6.79 Å². The molecule has 0 spiro atoms. The normalized spacial score (nSPS) is 12.5. The molecule has 3 aromatic rings. The van der Waals surface area contributed by atoms with Gasteiger partial charge in [-0.1, -0.05) is 11.6 Å². The molecule has 0 radical (unpaired) electrons. The van der Waals surface area contributed by atoms with Crippen LogP contribution in [-0.2, 0) is 0 Å². The van der Waals surface area contributed by atoms with Crippen molar-refractivity contribution < 1.29 is 14.3 Å². The molecule has 1 amide bonds. The van der Waals surface area contributed by atoms with Crippen molar-refractivity contribution in [2.24, 2.45) is 5.10 Å². The van der Waals surface area contributed by atoms with E-state index in [0.717, 1.165) is 22.6 Å². The number of carbonyl (C=O) groups is 1. The summed E-state index contributed by atoms with van der Waals surface area (Å²) in [5, 5.41) is 4.80. The second-order valence-corrected chi connectivity index (χ2v) is 6.84. The summed E-state index contributed by atoms with van der Waals surface area (Å²) in [6.07, 6.45) is 1.64. The first-order chi connectivity index (χ1) is 13.5. The number of aromatic nitrogens is 1. The van der Waals surface area contributed by atoms with Gasteiger partial charge in [0.25, 0.3) is 5.91 Å². The van der Waals surface area contributed by atoms with Crippen molar-refractivity contribution in [1.29, 1.82) is 0 Å². The van der Waals surface area contributed by atoms with E-state index in [4.69, 9.17) is 21.1 Å². The van der Waals surface area contributed by atoms with Crippen LogP contribution in [0.1, 0.15) is 27.3 Å². The van der Waals surface area contributed by atoms with Gasteiger partial charge >= 0.3 is 0 Å². The number of hydrogen-bond acceptors (Lipinski definition) is 4. The van der Waals surface area contributed by atoms with Gasteiger partial charge in [0.05, 0.1) is 6.21 Å². The zero-order valence-electron chi connectivity index (χ0n) is 15.4. The lowest BCUT2D eigenvalue weighted by atomic mass is 10.2. The standard InChI is InChI=1S/C21H18ClN3O3/c1-13-9-16(14(2)25(13)18-6-4-17(22)5-7-18)11-23-24-21(26)15-3-8-19-20(10-15)28-12-27-19/h3-11H,12H2,1-2H3,(H,24,26)/b23-11-. The number of ether oxygens (including phenoxy) is 2. The van der Waals surface area contributed by atoms with Gasteiger partial charge in [-0.3, -0.25) is 4.79 Å². The van der Waals surface area contributed by atoms with Gasteiger partial charge in [0, 0.05) is 33.2 Å². The van der Waals surface area contributed by atoms with Gasteiger partial charge in [-0.2, -0.15) is 5.10 Å². The van der Waals surface area contributed by atoms with E-state index >= 15 is 0 Å². The van der Waals surface area contributed by atoms with Gasteiger partial charge < -0.3 is 14.0 Å². The van der Waals surface area contributed by atoms with E-state index in [1.54, 1.807) is 24.4 Å². The van der Waals surface area contributed by atoms with Crippen LogP contribution in [0.25, 0.3) is 5.69 Å². The molecule has 142 valence electrons. The van der Waals surface area contributed by atoms with Crippen LogP contribution < -0.4 is 14.9 Å². The molecular weight excluding hydrogens is 378 g/mol. The van der Waals surface area contributed by atoms with E-state index in [1.807, 2.05) is 44.2 Å². The van der Waals surface area contributed by atoms with Crippen molar-refractivity contribution in [3.8, 4) is 17.2 Å². The second kappa shape index (κ2) is 7.40. The highest BCUT2D eigenvalue weighted by Crippen LogP contribution is 2.32. The molecule has 1 aromatic heterocycles. The molecule has 28 heavy (non-hydrogen) atoms. The molecule has 0 unspecified atom stereocenters. The van der Waals surface area contributed by atoms with Crippen molar-refractivity contribution >= 4 is 23.7 Å². The van der Waals surface area contributed by atoms with Crippen LogP contribution in [0.4, 0.5) is 0 Å². The van der Waals surface area contributed by atoms with Crippen molar-refractivity contribution in [2.75, 3.05) is 6.79 Å². The number of hydrogen-bond donors (Lipinski definition) is 1. The van der Waals surface area contributed by atoms with Crippen molar-refractivity contribution in [1.82, 2.24) is 9.99 Å². The quantitative estimate of drug-likeness (QED) is 0.530. The number of amides is 1. The van der Waals surface area contributed by atoms with Crippen molar-refractivity contribution in [2.45, 2.75) is 13.8 Å². The van der Waals surface area contributed by atoms with Crippen molar-refractivity contribution in [3.63, 3.8) is 0 Å². The zero-order valence-corrected chi connectivity index (χ0v) is 16.2. The lowest BCUT2D eigenvalue weighted by Gasteiger charge is -2.09. The van der Waals surface area contributed by atoms with Crippen LogP contribution in [0.5, 0.6) is 11.5 Å². The Kier molecular flexibility index (Phi) is 4.79. The fourth-order valence-corrected chi connectivity index (χ4v) is 3.29. The number of fused-ring (bicyclic) bond motifs is 1. The number of aryl methyl sites for hydroxylation is 1. The average Bonchev–Trinajstić information content (AvgIpc) is 3.26. The van der Waals surface area contributed by atoms with Gasteiger partial charge in [-0.15, -0.1) is 0 Å². The summed E-state index contributed by atoms with van der Waals surface area (Å²) in [6.45, 7) is 4.19. The van der Waals surface area contributed by atoms with E-state index < -0.39 is 0 Å². The largest absolute Gasteiger partial charge is 0.454 e. The molecule has 0 saturated carbocycles. The predicted molar refractivity (Wildman–Crippen MR) is 108 cm³/mol. The lowest BCUT2D eigenvalue weighted by Crippen LogP contribution is -2.17. The molecule has 6 nitrogen and oxygen atoms in total. The van der Waals surface area contributed by atoms with Crippen LogP contribution >= 0.6 is 11.6 Å². The van der Waals surface area contributed by atoms with Gasteiger partial charge in [-0.25, -0.2) is 5.43 Å². The smallest absolute Gasteiger partial charge is 0.271 e. The number of nitrogens with one attached hydrogen (secondary N) is 1. The molecule has 2 heterocycles. The minimum atomic E-state index is -0.318. The highest BCUT2D eigenvalue weighted by molar-refractivity contribution is 6.30. The molecule has 0 saturated heterocycles. The van der Waals surface area contributed by atoms with Crippen LogP contribution in [0.2, 0.25) is 5.02 Å². The third kappa shape index (κ3) is 3.46. The summed E-state index contributed by atoms with van der Waals surface area (Å²) in [6, 6.07) is 14.7. The maximum Gasteiger partial charge on any atom is 0.271 e. The van der Waals surface area contributed by atoms with Crippen molar-refractivity contribution in [3.05, 3.63) is 76.1 Å². The topological polar surface area (TPSA) is 64.8 Å². The minimum absolute atomic E-state index is 0.168. The molecule has 0 aliphatic carbocycles. The molecular formula is C21H18ClN3O3. The number of rotatable bonds is 4. The molecule has 0 atom stereocenters. The number of carbonyl (C=O) groups excluding carboxylic acids is 1. The Balaban J connectivity index is 1.50. The van der Waals surface area contributed by atoms with Gasteiger partial charge in [0.1, 0.15) is 0 Å². The summed E-state index contributed by atoms with van der Waals surface area (Å²) in [5.74, 6) is 0.874. The highest BCUT2D eigenvalue weighted by Gasteiger charge is 2.16. The summed E-state index contributed by atoms with van der Waals surface area (Å²) in [5.41, 5.74) is 7.01. The maximum absolute atomic E-state index is 12.3. The summed E-state index contributed by atoms with van der Waals surface area (Å²) >= 11 is 5.98. The van der Waals surface area contributed by atoms with Crippen LogP contribution in [0.15, 0.2) is 53.6 Å². The summed E-state index contributed by atoms with van der Waals surface area (Å²) in [4.78, 5) is 12.3. The van der Waals surface area contributed by atoms with E-state index in [2.05, 4.69) is 15.1 Å². The number of halogens is 1. The number of nitrogens with zero attached hydrogens (tertiary/aromatic N) is 2. The fourth-order valence-electron chi connectivity index (χ4n) is 3.17. The third-order valence-corrected chi connectivity index (χ3v) is 4.81. The molecule has 0 bridgehead atoms.